The minimum absolute atomic E-state index is 0.347. The van der Waals surface area contributed by atoms with Crippen LogP contribution in [0.1, 0.15) is 37.9 Å². The van der Waals surface area contributed by atoms with Crippen LogP contribution in [0.2, 0.25) is 0 Å². The van der Waals surface area contributed by atoms with Gasteiger partial charge in [-0.25, -0.2) is 19.2 Å². The number of hydrogen-bond donors (Lipinski definition) is 2. The van der Waals surface area contributed by atoms with Crippen LogP contribution >= 0.6 is 11.0 Å². The highest BCUT2D eigenvalue weighted by Gasteiger charge is 2.49. The number of aromatic nitrogens is 4. The molecule has 0 amide bonds. The van der Waals surface area contributed by atoms with Gasteiger partial charge in [-0.05, 0) is 30.5 Å². The van der Waals surface area contributed by atoms with E-state index in [-0.39, 0.29) is 5.25 Å². The summed E-state index contributed by atoms with van der Waals surface area (Å²) in [6.07, 6.45) is 8.18. The zero-order valence-corrected chi connectivity index (χ0v) is 17.3. The second-order valence-corrected chi connectivity index (χ2v) is 10.5. The molecule has 3 aromatic rings. The minimum Gasteiger partial charge on any atom is -0.603 e. The first-order chi connectivity index (χ1) is 14.2. The second kappa shape index (κ2) is 8.17. The smallest absolute Gasteiger partial charge is 0.227 e. The van der Waals surface area contributed by atoms with Crippen molar-refractivity contribution in [3.05, 3.63) is 36.4 Å². The highest BCUT2D eigenvalue weighted by atomic mass is 33.1. The molecule has 2 N–H and O–H groups in total. The quantitative estimate of drug-likeness (QED) is 0.317. The van der Waals surface area contributed by atoms with Crippen LogP contribution in [0.4, 0.5) is 4.39 Å². The molecule has 0 spiro atoms. The summed E-state index contributed by atoms with van der Waals surface area (Å²) in [5.41, 5.74) is 3.79. The van der Waals surface area contributed by atoms with Crippen molar-refractivity contribution in [2.75, 3.05) is 4.83 Å². The van der Waals surface area contributed by atoms with Crippen LogP contribution < -0.4 is 4.83 Å². The molecule has 0 aliphatic heterocycles. The van der Waals surface area contributed by atoms with Gasteiger partial charge in [-0.2, -0.15) is 4.79 Å². The lowest BCUT2D eigenvalue weighted by molar-refractivity contribution is 0.0417. The Morgan fingerprint density at radius 1 is 1.28 bits per heavy atom. The standard InChI is InChI=1S/C19H22FN5O2S2/c20-15-8-18(15)29(26)28-24-25-17-7-12(5-6-16(17)23-25)13-9-21-19(22-10-13)11-27-14-3-1-2-4-14/h5-7,9-10,14-15,18,23-24H,1-4,8,11H2. The predicted molar refractivity (Wildman–Crippen MR) is 113 cm³/mol. The van der Waals surface area contributed by atoms with Crippen LogP contribution in [0.3, 0.4) is 0 Å². The Bertz CT molecular complexity index is 973. The maximum atomic E-state index is 13.0. The maximum Gasteiger partial charge on any atom is 0.227 e. The van der Waals surface area contributed by atoms with Gasteiger partial charge in [-0.15, -0.1) is 0 Å². The van der Waals surface area contributed by atoms with Crippen LogP contribution in [0.25, 0.3) is 22.2 Å². The third-order valence-corrected chi connectivity index (χ3v) is 8.24. The zero-order valence-electron chi connectivity index (χ0n) is 15.7. The molecule has 29 heavy (non-hydrogen) atoms. The van der Waals surface area contributed by atoms with Crippen molar-refractivity contribution in [1.29, 1.82) is 0 Å². The Balaban J connectivity index is 1.22. The fourth-order valence-corrected chi connectivity index (χ4v) is 5.90. The van der Waals surface area contributed by atoms with Crippen LogP contribution in [-0.4, -0.2) is 41.9 Å². The number of benzene rings is 1. The van der Waals surface area contributed by atoms with Crippen molar-refractivity contribution in [3.8, 4) is 11.1 Å². The first-order valence-electron chi connectivity index (χ1n) is 9.79. The third kappa shape index (κ3) is 4.25. The molecule has 0 saturated heterocycles. The number of H-pyrrole nitrogens is 1. The largest absolute Gasteiger partial charge is 0.603 e. The first kappa shape index (κ1) is 19.2. The van der Waals surface area contributed by atoms with E-state index >= 15 is 0 Å². The van der Waals surface area contributed by atoms with Crippen molar-refractivity contribution in [1.82, 2.24) is 19.9 Å². The lowest BCUT2D eigenvalue weighted by atomic mass is 10.1. The molecule has 2 aliphatic carbocycles. The SMILES string of the molecule is [O-][S+](SNn1[nH]c2ccc(-c3cnc(COC4CCCC4)nc3)cc21)C1CC1F. The van der Waals surface area contributed by atoms with E-state index in [0.717, 1.165) is 46.0 Å². The molecular formula is C19H22FN5O2S2. The molecule has 2 aliphatic rings. The first-order valence-corrected chi connectivity index (χ1v) is 12.3. The summed E-state index contributed by atoms with van der Waals surface area (Å²) < 4.78 is 30.8. The van der Waals surface area contributed by atoms with Gasteiger partial charge in [0.15, 0.2) is 17.2 Å². The molecule has 10 heteroatoms. The molecule has 154 valence electrons. The van der Waals surface area contributed by atoms with Crippen molar-refractivity contribution in [3.63, 3.8) is 0 Å². The monoisotopic (exact) mass is 435 g/mol. The minimum atomic E-state index is -1.29. The van der Waals surface area contributed by atoms with E-state index in [2.05, 4.69) is 19.9 Å². The number of aromatic amines is 1. The summed E-state index contributed by atoms with van der Waals surface area (Å²) in [5.74, 6) is 0.694. The Labute approximate surface area is 174 Å². The predicted octanol–water partition coefficient (Wildman–Crippen LogP) is 3.85. The highest BCUT2D eigenvalue weighted by molar-refractivity contribution is 8.72. The molecule has 7 nitrogen and oxygen atoms in total. The Morgan fingerprint density at radius 2 is 2.03 bits per heavy atom. The number of fused-ring (bicyclic) bond motifs is 1. The van der Waals surface area contributed by atoms with Gasteiger partial charge in [0, 0.05) is 24.4 Å². The van der Waals surface area contributed by atoms with Gasteiger partial charge >= 0.3 is 0 Å². The molecule has 5 rings (SSSR count). The summed E-state index contributed by atoms with van der Waals surface area (Å²) in [5, 5.41) is 2.75. The molecule has 2 saturated carbocycles. The van der Waals surface area contributed by atoms with Crippen molar-refractivity contribution >= 4 is 32.2 Å². The lowest BCUT2D eigenvalue weighted by Crippen LogP contribution is -2.20. The number of ether oxygens (including phenoxy) is 1. The number of rotatable bonds is 8. The fourth-order valence-electron chi connectivity index (χ4n) is 3.49. The van der Waals surface area contributed by atoms with E-state index < -0.39 is 16.4 Å². The zero-order chi connectivity index (χ0) is 19.8. The van der Waals surface area contributed by atoms with E-state index in [4.69, 9.17) is 4.74 Å². The summed E-state index contributed by atoms with van der Waals surface area (Å²) in [4.78, 5) is 13.5. The van der Waals surface area contributed by atoms with E-state index in [1.165, 1.54) is 12.8 Å². The van der Waals surface area contributed by atoms with Gasteiger partial charge in [0.2, 0.25) is 11.0 Å². The van der Waals surface area contributed by atoms with Crippen molar-refractivity contribution in [2.45, 2.75) is 56.2 Å². The average Bonchev–Trinajstić information content (AvgIpc) is 3.23. The Kier molecular flexibility index (Phi) is 5.42. The van der Waals surface area contributed by atoms with Gasteiger partial charge in [0.05, 0.1) is 21.8 Å². The number of nitrogens with one attached hydrogen (secondary N) is 2. The number of halogens is 1. The summed E-state index contributed by atoms with van der Waals surface area (Å²) in [7, 11) is -0.261. The average molecular weight is 436 g/mol. The highest BCUT2D eigenvalue weighted by Crippen LogP contribution is 2.38. The normalized spacial score (nSPS) is 23.0. The van der Waals surface area contributed by atoms with Crippen molar-refractivity contribution < 1.29 is 13.7 Å². The second-order valence-electron chi connectivity index (χ2n) is 7.51. The van der Waals surface area contributed by atoms with Crippen LogP contribution in [0, 0.1) is 0 Å². The molecule has 0 bridgehead atoms. The van der Waals surface area contributed by atoms with E-state index in [0.29, 0.717) is 25.0 Å². The summed E-state index contributed by atoms with van der Waals surface area (Å²) in [6.45, 7) is 0.450. The fraction of sp³-hybridized carbons (Fsp3) is 0.474. The summed E-state index contributed by atoms with van der Waals surface area (Å²) >= 11 is 0. The van der Waals surface area contributed by atoms with E-state index in [9.17, 15) is 8.94 Å². The van der Waals surface area contributed by atoms with Crippen LogP contribution in [0.15, 0.2) is 30.6 Å². The molecule has 3 atom stereocenters. The molecule has 2 heterocycles. The summed E-state index contributed by atoms with van der Waals surface area (Å²) in [6, 6.07) is 5.98. The number of hydrogen-bond acceptors (Lipinski definition) is 6. The Hall–Kier alpha value is -1.75. The number of nitrogens with zero attached hydrogens (tertiary/aromatic N) is 3. The van der Waals surface area contributed by atoms with Gasteiger partial charge in [0.25, 0.3) is 0 Å². The maximum absolute atomic E-state index is 13.0. The number of alkyl halides is 1. The van der Waals surface area contributed by atoms with Gasteiger partial charge in [0.1, 0.15) is 12.1 Å². The van der Waals surface area contributed by atoms with Crippen molar-refractivity contribution in [2.24, 2.45) is 0 Å². The van der Waals surface area contributed by atoms with E-state index in [1.807, 2.05) is 30.6 Å². The third-order valence-electron chi connectivity index (χ3n) is 5.38. The molecule has 0 radical (unpaired) electrons. The van der Waals surface area contributed by atoms with Gasteiger partial charge in [-0.1, -0.05) is 18.9 Å². The van der Waals surface area contributed by atoms with E-state index in [1.54, 1.807) is 4.79 Å². The van der Waals surface area contributed by atoms with Gasteiger partial charge in [-0.3, -0.25) is 5.10 Å². The topological polar surface area (TPSA) is 90.8 Å². The molecule has 2 aromatic heterocycles. The van der Waals surface area contributed by atoms with Crippen LogP contribution in [-0.2, 0) is 21.6 Å². The molecule has 3 unspecified atom stereocenters. The van der Waals surface area contributed by atoms with Gasteiger partial charge < -0.3 is 9.29 Å². The molecule has 1 aromatic carbocycles. The lowest BCUT2D eigenvalue weighted by Gasteiger charge is -2.18. The molecule has 2 fully saturated rings. The Morgan fingerprint density at radius 3 is 2.76 bits per heavy atom. The molecular weight excluding hydrogens is 413 g/mol. The van der Waals surface area contributed by atoms with Crippen LogP contribution in [0.5, 0.6) is 0 Å².